The quantitative estimate of drug-likeness (QED) is 0.203. The summed E-state index contributed by atoms with van der Waals surface area (Å²) in [5.74, 6) is -6.07. The van der Waals surface area contributed by atoms with E-state index < -0.39 is 102 Å². The van der Waals surface area contributed by atoms with Gasteiger partial charge in [0.1, 0.15) is 42.3 Å². The SMILES string of the molecule is CCC(C)[C@@H]1NC(=O)[C@H](Cc2ccccc2)NC(=O)[C@@H]2CCCN2C(=O)[C@H](CC(N)=O)NC(=O)[C@H](C(C)C)NC(=O)C2CCCN2C(=O)[C@H](CC(C)C)NC1=O. The molecule has 0 aromatic heterocycles. The van der Waals surface area contributed by atoms with Crippen LogP contribution in [0.4, 0.5) is 0 Å². The normalized spacial score (nSPS) is 28.1. The third-order valence-corrected chi connectivity index (χ3v) is 11.0. The van der Waals surface area contributed by atoms with Crippen LogP contribution in [0.15, 0.2) is 30.3 Å². The highest BCUT2D eigenvalue weighted by Gasteiger charge is 2.43. The Morgan fingerprint density at radius 3 is 1.71 bits per heavy atom. The van der Waals surface area contributed by atoms with E-state index in [2.05, 4.69) is 26.6 Å². The number of hydrogen-bond donors (Lipinski definition) is 6. The van der Waals surface area contributed by atoms with Crippen LogP contribution >= 0.6 is 0 Å². The summed E-state index contributed by atoms with van der Waals surface area (Å²) >= 11 is 0. The van der Waals surface area contributed by atoms with Crippen molar-refractivity contribution in [1.82, 2.24) is 36.4 Å². The van der Waals surface area contributed by atoms with Gasteiger partial charge in [-0.25, -0.2) is 0 Å². The van der Waals surface area contributed by atoms with Gasteiger partial charge in [-0.3, -0.25) is 38.4 Å². The number of hydrogen-bond acceptors (Lipinski definition) is 8. The lowest BCUT2D eigenvalue weighted by Gasteiger charge is -2.32. The van der Waals surface area contributed by atoms with Crippen LogP contribution < -0.4 is 32.3 Å². The largest absolute Gasteiger partial charge is 0.370 e. The van der Waals surface area contributed by atoms with Crippen molar-refractivity contribution in [3.8, 4) is 0 Å². The first-order valence-corrected chi connectivity index (χ1v) is 20.0. The molecule has 16 nitrogen and oxygen atoms in total. The smallest absolute Gasteiger partial charge is 0.246 e. The number of nitrogens with two attached hydrogens (primary N) is 1. The van der Waals surface area contributed by atoms with Crippen molar-refractivity contribution in [3.63, 3.8) is 0 Å². The molecule has 0 spiro atoms. The van der Waals surface area contributed by atoms with Gasteiger partial charge in [-0.1, -0.05) is 78.3 Å². The van der Waals surface area contributed by atoms with Crippen LogP contribution in [-0.2, 0) is 44.8 Å². The highest BCUT2D eigenvalue weighted by Crippen LogP contribution is 2.23. The summed E-state index contributed by atoms with van der Waals surface area (Å²) < 4.78 is 0. The fourth-order valence-corrected chi connectivity index (χ4v) is 7.69. The second-order valence-corrected chi connectivity index (χ2v) is 16.2. The van der Waals surface area contributed by atoms with Gasteiger partial charge in [0.25, 0.3) is 0 Å². The molecule has 0 bridgehead atoms. The lowest BCUT2D eigenvalue weighted by atomic mass is 9.95. The van der Waals surface area contributed by atoms with E-state index in [0.717, 1.165) is 5.56 Å². The number of fused-ring (bicyclic) bond motifs is 2. The fraction of sp³-hybridized carbons (Fsp3) is 0.650. The molecule has 0 saturated carbocycles. The van der Waals surface area contributed by atoms with E-state index in [9.17, 15) is 38.4 Å². The molecule has 56 heavy (non-hydrogen) atoms. The van der Waals surface area contributed by atoms with Gasteiger partial charge < -0.3 is 42.1 Å². The lowest BCUT2D eigenvalue weighted by Crippen LogP contribution is -2.61. The zero-order valence-electron chi connectivity index (χ0n) is 33.5. The van der Waals surface area contributed by atoms with Crippen LogP contribution in [-0.4, -0.2) is 112 Å². The summed E-state index contributed by atoms with van der Waals surface area (Å²) in [6.45, 7) is 11.3. The van der Waals surface area contributed by atoms with Crippen molar-refractivity contribution in [2.24, 2.45) is 23.5 Å². The summed E-state index contributed by atoms with van der Waals surface area (Å²) in [6, 6.07) is 1.17. The second kappa shape index (κ2) is 19.7. The standard InChI is InChI=1S/C40H60N8O8/c1-7-24(6)33-38(54)43-27(19-22(2)3)39(55)48-18-12-16-30(48)36(52)45-32(23(4)5)37(53)44-28(21-31(41)49)40(56)47-17-11-15-29(47)35(51)42-26(34(50)46-33)20-25-13-9-8-10-14-25/h8-10,13-14,22-24,26-30,32-33H,7,11-12,15-21H2,1-6H3,(H2,41,49)(H,42,51)(H,43,54)(H,44,53)(H,45,52)(H,46,50)/t24?,26-,27-,28-,29-,30?,32-,33-/m0/s1. The van der Waals surface area contributed by atoms with Crippen LogP contribution in [0.5, 0.6) is 0 Å². The van der Waals surface area contributed by atoms with Crippen LogP contribution in [0.25, 0.3) is 0 Å². The molecule has 7 N–H and O–H groups in total. The molecule has 3 saturated heterocycles. The highest BCUT2D eigenvalue weighted by molar-refractivity contribution is 6.00. The van der Waals surface area contributed by atoms with Crippen molar-refractivity contribution in [2.75, 3.05) is 13.1 Å². The molecule has 3 aliphatic heterocycles. The van der Waals surface area contributed by atoms with Gasteiger partial charge in [0.2, 0.25) is 47.3 Å². The van der Waals surface area contributed by atoms with Gasteiger partial charge in [0.15, 0.2) is 0 Å². The van der Waals surface area contributed by atoms with E-state index in [1.54, 1.807) is 38.1 Å². The topological polar surface area (TPSA) is 229 Å². The predicted octanol–water partition coefficient (Wildman–Crippen LogP) is 0.272. The van der Waals surface area contributed by atoms with E-state index >= 15 is 0 Å². The molecule has 8 amide bonds. The van der Waals surface area contributed by atoms with Crippen molar-refractivity contribution >= 4 is 47.3 Å². The molecule has 0 radical (unpaired) electrons. The van der Waals surface area contributed by atoms with Crippen molar-refractivity contribution < 1.29 is 38.4 Å². The zero-order valence-corrected chi connectivity index (χ0v) is 33.5. The van der Waals surface area contributed by atoms with Crippen LogP contribution in [0.1, 0.15) is 92.1 Å². The average Bonchev–Trinajstić information content (AvgIpc) is 3.85. The third kappa shape index (κ3) is 11.1. The summed E-state index contributed by atoms with van der Waals surface area (Å²) in [7, 11) is 0. The Kier molecular flexibility index (Phi) is 15.4. The van der Waals surface area contributed by atoms with Gasteiger partial charge in [-0.05, 0) is 55.4 Å². The van der Waals surface area contributed by atoms with Crippen LogP contribution in [0, 0.1) is 17.8 Å². The molecule has 3 aliphatic rings. The number of amides is 8. The number of nitrogens with zero attached hydrogens (tertiary/aromatic N) is 2. The fourth-order valence-electron chi connectivity index (χ4n) is 7.69. The summed E-state index contributed by atoms with van der Waals surface area (Å²) in [6.07, 6.45) is 1.78. The van der Waals surface area contributed by atoms with E-state index in [0.29, 0.717) is 25.7 Å². The Morgan fingerprint density at radius 1 is 0.679 bits per heavy atom. The monoisotopic (exact) mass is 780 g/mol. The number of primary amides is 1. The number of rotatable bonds is 9. The van der Waals surface area contributed by atoms with Gasteiger partial charge in [-0.15, -0.1) is 0 Å². The zero-order chi connectivity index (χ0) is 41.3. The molecule has 1 aromatic carbocycles. The van der Waals surface area contributed by atoms with Crippen molar-refractivity contribution in [3.05, 3.63) is 35.9 Å². The number of carbonyl (C=O) groups excluding carboxylic acids is 8. The molecular weight excluding hydrogens is 720 g/mol. The average molecular weight is 781 g/mol. The molecule has 2 unspecified atom stereocenters. The van der Waals surface area contributed by atoms with E-state index in [1.165, 1.54) is 9.80 Å². The number of nitrogens with one attached hydrogen (secondary N) is 5. The molecule has 1 aromatic rings. The summed E-state index contributed by atoms with van der Waals surface area (Å²) in [5, 5.41) is 14.0. The Morgan fingerprint density at radius 2 is 1.18 bits per heavy atom. The maximum atomic E-state index is 14.3. The Balaban J connectivity index is 1.79. The van der Waals surface area contributed by atoms with E-state index in [-0.39, 0.29) is 44.2 Å². The highest BCUT2D eigenvalue weighted by atomic mass is 16.2. The van der Waals surface area contributed by atoms with Crippen molar-refractivity contribution in [2.45, 2.75) is 135 Å². The van der Waals surface area contributed by atoms with Gasteiger partial charge in [-0.2, -0.15) is 0 Å². The molecule has 3 heterocycles. The first-order chi connectivity index (χ1) is 26.5. The second-order valence-electron chi connectivity index (χ2n) is 16.2. The molecule has 4 rings (SSSR count). The minimum atomic E-state index is -1.45. The summed E-state index contributed by atoms with van der Waals surface area (Å²) in [5.41, 5.74) is 6.27. The Hall–Kier alpha value is -5.02. The summed E-state index contributed by atoms with van der Waals surface area (Å²) in [4.78, 5) is 113. The van der Waals surface area contributed by atoms with Gasteiger partial charge in [0, 0.05) is 19.5 Å². The van der Waals surface area contributed by atoms with Crippen LogP contribution in [0.2, 0.25) is 0 Å². The number of carbonyl (C=O) groups is 8. The molecule has 0 aliphatic carbocycles. The van der Waals surface area contributed by atoms with Gasteiger partial charge in [0.05, 0.1) is 6.42 Å². The predicted molar refractivity (Wildman–Crippen MR) is 207 cm³/mol. The maximum Gasteiger partial charge on any atom is 0.246 e. The molecule has 3 fully saturated rings. The third-order valence-electron chi connectivity index (χ3n) is 11.0. The van der Waals surface area contributed by atoms with Crippen molar-refractivity contribution in [1.29, 1.82) is 0 Å². The minimum Gasteiger partial charge on any atom is -0.370 e. The first-order valence-electron chi connectivity index (χ1n) is 20.0. The molecular formula is C40H60N8O8. The minimum absolute atomic E-state index is 0.0315. The van der Waals surface area contributed by atoms with E-state index in [1.807, 2.05) is 33.8 Å². The molecule has 16 heteroatoms. The van der Waals surface area contributed by atoms with Crippen LogP contribution in [0.3, 0.4) is 0 Å². The Bertz CT molecular complexity index is 1620. The molecule has 308 valence electrons. The lowest BCUT2D eigenvalue weighted by molar-refractivity contribution is -0.144. The first kappa shape index (κ1) is 43.7. The maximum absolute atomic E-state index is 14.3. The van der Waals surface area contributed by atoms with E-state index in [4.69, 9.17) is 5.73 Å². The molecule has 8 atom stereocenters. The van der Waals surface area contributed by atoms with Gasteiger partial charge >= 0.3 is 0 Å². The Labute approximate surface area is 329 Å². The number of benzene rings is 1.